The summed E-state index contributed by atoms with van der Waals surface area (Å²) in [6.07, 6.45) is 4.09. The normalized spacial score (nSPS) is 24.9. The third-order valence-corrected chi connectivity index (χ3v) is 5.11. The summed E-state index contributed by atoms with van der Waals surface area (Å²) in [7, 11) is 0. The molecule has 21 heavy (non-hydrogen) atoms. The van der Waals surface area contributed by atoms with Crippen molar-refractivity contribution in [3.8, 4) is 0 Å². The molecular weight excluding hydrogens is 332 g/mol. The van der Waals surface area contributed by atoms with Gasteiger partial charge in [-0.3, -0.25) is 4.79 Å². The number of Topliss-reactive ketones (excluding diaryl/α,β-unsaturated/α-hetero) is 1. The monoisotopic (exact) mass is 352 g/mol. The van der Waals surface area contributed by atoms with Gasteiger partial charge in [-0.1, -0.05) is 28.1 Å². The van der Waals surface area contributed by atoms with Crippen LogP contribution in [0.25, 0.3) is 0 Å². The summed E-state index contributed by atoms with van der Waals surface area (Å²) in [5, 5.41) is 0. The SMILES string of the molecule is O=C(Cc1cccc(Br)c1)C1CCOC2(CCOCC2)C1. The van der Waals surface area contributed by atoms with Crippen LogP contribution in [0.4, 0.5) is 0 Å². The van der Waals surface area contributed by atoms with E-state index in [2.05, 4.69) is 15.9 Å². The molecule has 2 aliphatic rings. The van der Waals surface area contributed by atoms with Crippen molar-refractivity contribution in [2.75, 3.05) is 19.8 Å². The van der Waals surface area contributed by atoms with Crippen LogP contribution in [0.15, 0.2) is 28.7 Å². The average molecular weight is 353 g/mol. The summed E-state index contributed by atoms with van der Waals surface area (Å²) >= 11 is 3.46. The Morgan fingerprint density at radius 3 is 2.86 bits per heavy atom. The van der Waals surface area contributed by atoms with E-state index >= 15 is 0 Å². The minimum absolute atomic E-state index is 0.103. The number of benzene rings is 1. The highest BCUT2D eigenvalue weighted by Gasteiger charge is 2.40. The molecule has 2 saturated heterocycles. The summed E-state index contributed by atoms with van der Waals surface area (Å²) in [6, 6.07) is 8.02. The first-order chi connectivity index (χ1) is 10.2. The van der Waals surface area contributed by atoms with Crippen molar-refractivity contribution < 1.29 is 14.3 Å². The number of carbonyl (C=O) groups excluding carboxylic acids is 1. The summed E-state index contributed by atoms with van der Waals surface area (Å²) < 4.78 is 12.5. The van der Waals surface area contributed by atoms with Crippen molar-refractivity contribution in [3.05, 3.63) is 34.3 Å². The zero-order valence-electron chi connectivity index (χ0n) is 12.1. The minimum Gasteiger partial charge on any atom is -0.381 e. The molecule has 2 heterocycles. The lowest BCUT2D eigenvalue weighted by atomic mass is 9.78. The molecule has 0 aromatic heterocycles. The Kier molecular flexibility index (Phi) is 4.77. The van der Waals surface area contributed by atoms with Crippen molar-refractivity contribution in [3.63, 3.8) is 0 Å². The summed E-state index contributed by atoms with van der Waals surface area (Å²) in [5.41, 5.74) is 0.982. The molecule has 0 aliphatic carbocycles. The van der Waals surface area contributed by atoms with Crippen LogP contribution in [0.5, 0.6) is 0 Å². The van der Waals surface area contributed by atoms with Gasteiger partial charge in [0.25, 0.3) is 0 Å². The molecule has 4 heteroatoms. The highest BCUT2D eigenvalue weighted by Crippen LogP contribution is 2.37. The van der Waals surface area contributed by atoms with Crippen LogP contribution in [-0.2, 0) is 20.7 Å². The highest BCUT2D eigenvalue weighted by molar-refractivity contribution is 9.10. The number of hydrogen-bond donors (Lipinski definition) is 0. The predicted molar refractivity (Wildman–Crippen MR) is 84.3 cm³/mol. The van der Waals surface area contributed by atoms with Gasteiger partial charge in [0.15, 0.2) is 0 Å². The molecule has 0 N–H and O–H groups in total. The van der Waals surface area contributed by atoms with Gasteiger partial charge in [0.1, 0.15) is 5.78 Å². The molecule has 0 saturated carbocycles. The second kappa shape index (κ2) is 6.59. The maximum atomic E-state index is 12.6. The first-order valence-electron chi connectivity index (χ1n) is 7.66. The quantitative estimate of drug-likeness (QED) is 0.834. The third kappa shape index (κ3) is 3.74. The van der Waals surface area contributed by atoms with Crippen LogP contribution in [0, 0.1) is 5.92 Å². The fraction of sp³-hybridized carbons (Fsp3) is 0.588. The average Bonchev–Trinajstić information content (AvgIpc) is 2.48. The van der Waals surface area contributed by atoms with E-state index in [0.29, 0.717) is 18.8 Å². The largest absolute Gasteiger partial charge is 0.381 e. The topological polar surface area (TPSA) is 35.5 Å². The van der Waals surface area contributed by atoms with Crippen LogP contribution in [0.2, 0.25) is 0 Å². The highest BCUT2D eigenvalue weighted by atomic mass is 79.9. The van der Waals surface area contributed by atoms with Crippen molar-refractivity contribution >= 4 is 21.7 Å². The van der Waals surface area contributed by atoms with Gasteiger partial charge in [0, 0.05) is 36.6 Å². The molecule has 0 amide bonds. The predicted octanol–water partition coefficient (Wildman–Crippen LogP) is 3.54. The summed E-state index contributed by atoms with van der Waals surface area (Å²) in [5.74, 6) is 0.484. The van der Waals surface area contributed by atoms with Gasteiger partial charge < -0.3 is 9.47 Å². The molecular formula is C17H21BrO3. The van der Waals surface area contributed by atoms with E-state index in [1.165, 1.54) is 0 Å². The molecule has 1 aromatic carbocycles. The van der Waals surface area contributed by atoms with E-state index in [-0.39, 0.29) is 11.5 Å². The van der Waals surface area contributed by atoms with Gasteiger partial charge >= 0.3 is 0 Å². The summed E-state index contributed by atoms with van der Waals surface area (Å²) in [6.45, 7) is 2.22. The third-order valence-electron chi connectivity index (χ3n) is 4.62. The van der Waals surface area contributed by atoms with E-state index in [4.69, 9.17) is 9.47 Å². The van der Waals surface area contributed by atoms with Crippen LogP contribution in [-0.4, -0.2) is 31.2 Å². The van der Waals surface area contributed by atoms with E-state index < -0.39 is 0 Å². The first kappa shape index (κ1) is 15.2. The molecule has 1 atom stereocenters. The Bertz CT molecular complexity index is 503. The lowest BCUT2D eigenvalue weighted by molar-refractivity contribution is -0.156. The number of rotatable bonds is 3. The van der Waals surface area contributed by atoms with Crippen molar-refractivity contribution in [2.45, 2.75) is 37.7 Å². The zero-order chi connectivity index (χ0) is 14.7. The van der Waals surface area contributed by atoms with Gasteiger partial charge in [0.05, 0.1) is 5.60 Å². The van der Waals surface area contributed by atoms with Gasteiger partial charge in [-0.05, 0) is 43.4 Å². The molecule has 1 aromatic rings. The molecule has 114 valence electrons. The van der Waals surface area contributed by atoms with Gasteiger partial charge in [-0.2, -0.15) is 0 Å². The number of halogens is 1. The van der Waals surface area contributed by atoms with Crippen LogP contribution >= 0.6 is 15.9 Å². The van der Waals surface area contributed by atoms with Gasteiger partial charge in [0.2, 0.25) is 0 Å². The lowest BCUT2D eigenvalue weighted by Crippen LogP contribution is -2.46. The Morgan fingerprint density at radius 1 is 1.29 bits per heavy atom. The standard InChI is InChI=1S/C17H21BrO3/c18-15-3-1-2-13(10-15)11-16(19)14-4-7-21-17(12-14)5-8-20-9-6-17/h1-3,10,14H,4-9,11-12H2. The maximum Gasteiger partial charge on any atom is 0.140 e. The Hall–Kier alpha value is -0.710. The van der Waals surface area contributed by atoms with Crippen LogP contribution < -0.4 is 0 Å². The van der Waals surface area contributed by atoms with Crippen LogP contribution in [0.3, 0.4) is 0 Å². The molecule has 2 fully saturated rings. The smallest absolute Gasteiger partial charge is 0.140 e. The maximum absolute atomic E-state index is 12.6. The van der Waals surface area contributed by atoms with E-state index in [9.17, 15) is 4.79 Å². The molecule has 1 unspecified atom stereocenters. The molecule has 3 nitrogen and oxygen atoms in total. The molecule has 0 radical (unpaired) electrons. The zero-order valence-corrected chi connectivity index (χ0v) is 13.7. The number of hydrogen-bond acceptors (Lipinski definition) is 3. The van der Waals surface area contributed by atoms with Gasteiger partial charge in [-0.25, -0.2) is 0 Å². The Morgan fingerprint density at radius 2 is 2.10 bits per heavy atom. The van der Waals surface area contributed by atoms with Gasteiger partial charge in [-0.15, -0.1) is 0 Å². The van der Waals surface area contributed by atoms with Crippen molar-refractivity contribution in [1.29, 1.82) is 0 Å². The van der Waals surface area contributed by atoms with Crippen molar-refractivity contribution in [1.82, 2.24) is 0 Å². The lowest BCUT2D eigenvalue weighted by Gasteiger charge is -2.43. The van der Waals surface area contributed by atoms with E-state index in [1.807, 2.05) is 24.3 Å². The number of carbonyl (C=O) groups is 1. The Labute approximate surface area is 134 Å². The van der Waals surface area contributed by atoms with E-state index in [1.54, 1.807) is 0 Å². The fourth-order valence-corrected chi connectivity index (χ4v) is 3.83. The van der Waals surface area contributed by atoms with Crippen molar-refractivity contribution in [2.24, 2.45) is 5.92 Å². The molecule has 2 aliphatic heterocycles. The Balaban J connectivity index is 1.64. The summed E-state index contributed by atoms with van der Waals surface area (Å²) in [4.78, 5) is 12.6. The molecule has 1 spiro atoms. The van der Waals surface area contributed by atoms with E-state index in [0.717, 1.165) is 48.9 Å². The fourth-order valence-electron chi connectivity index (χ4n) is 3.39. The first-order valence-corrected chi connectivity index (χ1v) is 8.45. The molecule has 3 rings (SSSR count). The second-order valence-corrected chi connectivity index (χ2v) is 7.02. The minimum atomic E-state index is -0.103. The molecule has 0 bridgehead atoms. The number of ketones is 1. The number of ether oxygens (including phenoxy) is 2. The van der Waals surface area contributed by atoms with Crippen LogP contribution in [0.1, 0.15) is 31.2 Å². The second-order valence-electron chi connectivity index (χ2n) is 6.11.